The molecule has 0 amide bonds. The Kier molecular flexibility index (Phi) is 7.43. The second kappa shape index (κ2) is 9.21. The lowest BCUT2D eigenvalue weighted by Gasteiger charge is -2.33. The van der Waals surface area contributed by atoms with Crippen molar-refractivity contribution in [1.29, 1.82) is 0 Å². The van der Waals surface area contributed by atoms with Crippen molar-refractivity contribution in [2.24, 2.45) is 17.8 Å². The number of ketones is 1. The Labute approximate surface area is 171 Å². The van der Waals surface area contributed by atoms with E-state index in [9.17, 15) is 14.4 Å². The van der Waals surface area contributed by atoms with Crippen molar-refractivity contribution < 1.29 is 23.9 Å². The van der Waals surface area contributed by atoms with E-state index in [2.05, 4.69) is 0 Å². The molecule has 1 fully saturated rings. The Hall–Kier alpha value is -1.69. The van der Waals surface area contributed by atoms with E-state index >= 15 is 0 Å². The summed E-state index contributed by atoms with van der Waals surface area (Å²) in [7, 11) is 1.34. The lowest BCUT2D eigenvalue weighted by molar-refractivity contribution is -0.162. The molecule has 0 saturated heterocycles. The van der Waals surface area contributed by atoms with Crippen LogP contribution in [0.3, 0.4) is 0 Å². The second-order valence-corrected chi connectivity index (χ2v) is 9.50. The molecule has 1 atom stereocenters. The highest BCUT2D eigenvalue weighted by Gasteiger charge is 2.36. The summed E-state index contributed by atoms with van der Waals surface area (Å²) >= 11 is 1.32. The Morgan fingerprint density at radius 1 is 1.18 bits per heavy atom. The number of esters is 2. The molecule has 0 aromatic carbocycles. The van der Waals surface area contributed by atoms with Crippen LogP contribution in [-0.2, 0) is 14.3 Å². The van der Waals surface area contributed by atoms with Crippen molar-refractivity contribution in [3.63, 3.8) is 0 Å². The number of hydrogen-bond donors (Lipinski definition) is 0. The zero-order chi connectivity index (χ0) is 21.1. The molecule has 1 unspecified atom stereocenters. The van der Waals surface area contributed by atoms with Gasteiger partial charge in [0.25, 0.3) is 0 Å². The fourth-order valence-corrected chi connectivity index (χ4v) is 5.09. The van der Waals surface area contributed by atoms with Crippen LogP contribution in [0.2, 0.25) is 0 Å². The van der Waals surface area contributed by atoms with Gasteiger partial charge in [-0.15, -0.1) is 11.3 Å². The van der Waals surface area contributed by atoms with Gasteiger partial charge in [-0.05, 0) is 71.3 Å². The third-order valence-electron chi connectivity index (χ3n) is 5.53. The highest BCUT2D eigenvalue weighted by atomic mass is 32.1. The number of carbonyl (C=O) groups is 3. The molecule has 2 rings (SSSR count). The minimum absolute atomic E-state index is 0.0461. The monoisotopic (exact) mass is 408 g/mol. The summed E-state index contributed by atoms with van der Waals surface area (Å²) in [5.41, 5.74) is 0.704. The van der Waals surface area contributed by atoms with Crippen molar-refractivity contribution in [2.75, 3.05) is 7.11 Å². The van der Waals surface area contributed by atoms with E-state index in [0.717, 1.165) is 32.1 Å². The second-order valence-electron chi connectivity index (χ2n) is 8.62. The van der Waals surface area contributed by atoms with Gasteiger partial charge in [-0.25, -0.2) is 4.79 Å². The van der Waals surface area contributed by atoms with Crippen LogP contribution in [0.4, 0.5) is 0 Å². The minimum atomic E-state index is -0.480. The molecule has 0 N–H and O–H groups in total. The van der Waals surface area contributed by atoms with E-state index in [-0.39, 0.29) is 29.5 Å². The smallest absolute Gasteiger partial charge is 0.338 e. The maximum Gasteiger partial charge on any atom is 0.338 e. The summed E-state index contributed by atoms with van der Waals surface area (Å²) in [4.78, 5) is 38.0. The third-order valence-corrected chi connectivity index (χ3v) is 6.63. The highest BCUT2D eigenvalue weighted by molar-refractivity contribution is 7.12. The van der Waals surface area contributed by atoms with Crippen LogP contribution in [0.1, 0.15) is 85.4 Å². The van der Waals surface area contributed by atoms with Crippen molar-refractivity contribution in [2.45, 2.75) is 72.3 Å². The molecule has 0 spiro atoms. The maximum atomic E-state index is 13.0. The van der Waals surface area contributed by atoms with Crippen molar-refractivity contribution >= 4 is 29.1 Å². The molecule has 1 aromatic rings. The summed E-state index contributed by atoms with van der Waals surface area (Å²) in [6, 6.07) is 0. The molecular weight excluding hydrogens is 376 g/mol. The van der Waals surface area contributed by atoms with Crippen LogP contribution in [0.5, 0.6) is 0 Å². The van der Waals surface area contributed by atoms with Crippen LogP contribution in [-0.4, -0.2) is 30.4 Å². The molecule has 0 radical (unpaired) electrons. The van der Waals surface area contributed by atoms with Gasteiger partial charge in [0.2, 0.25) is 0 Å². The summed E-state index contributed by atoms with van der Waals surface area (Å²) in [5.74, 6) is -0.304. The van der Waals surface area contributed by atoms with E-state index in [4.69, 9.17) is 9.47 Å². The predicted molar refractivity (Wildman–Crippen MR) is 110 cm³/mol. The van der Waals surface area contributed by atoms with Gasteiger partial charge < -0.3 is 9.47 Å². The number of rotatable bonds is 6. The Morgan fingerprint density at radius 2 is 1.79 bits per heavy atom. The van der Waals surface area contributed by atoms with Gasteiger partial charge in [-0.1, -0.05) is 6.92 Å². The zero-order valence-electron chi connectivity index (χ0n) is 17.8. The summed E-state index contributed by atoms with van der Waals surface area (Å²) in [6.45, 7) is 9.49. The quantitative estimate of drug-likeness (QED) is 0.478. The normalized spacial score (nSPS) is 21.1. The molecule has 1 saturated carbocycles. The Bertz CT molecular complexity index is 720. The molecule has 156 valence electrons. The zero-order valence-corrected chi connectivity index (χ0v) is 18.6. The summed E-state index contributed by atoms with van der Waals surface area (Å²) < 4.78 is 10.4. The third kappa shape index (κ3) is 5.22. The van der Waals surface area contributed by atoms with Crippen LogP contribution >= 0.6 is 11.3 Å². The van der Waals surface area contributed by atoms with Gasteiger partial charge in [-0.3, -0.25) is 9.59 Å². The van der Waals surface area contributed by atoms with Gasteiger partial charge in [0.15, 0.2) is 5.78 Å². The number of hydrogen-bond acceptors (Lipinski definition) is 6. The fourth-order valence-electron chi connectivity index (χ4n) is 4.01. The van der Waals surface area contributed by atoms with E-state index in [1.165, 1.54) is 18.4 Å². The first-order valence-corrected chi connectivity index (χ1v) is 10.9. The number of Topliss-reactive ketones (excluding diaryl/α,β-unsaturated/α-hetero) is 1. The fraction of sp³-hybridized carbons (Fsp3) is 0.682. The van der Waals surface area contributed by atoms with Gasteiger partial charge in [0.1, 0.15) is 5.60 Å². The van der Waals surface area contributed by atoms with Crippen molar-refractivity contribution in [3.8, 4) is 0 Å². The topological polar surface area (TPSA) is 69.7 Å². The van der Waals surface area contributed by atoms with Crippen LogP contribution < -0.4 is 0 Å². The van der Waals surface area contributed by atoms with Crippen molar-refractivity contribution in [3.05, 3.63) is 21.4 Å². The molecule has 1 heterocycles. The van der Waals surface area contributed by atoms with Gasteiger partial charge >= 0.3 is 11.9 Å². The first kappa shape index (κ1) is 22.6. The van der Waals surface area contributed by atoms with E-state index in [0.29, 0.717) is 16.0 Å². The van der Waals surface area contributed by atoms with Gasteiger partial charge in [-0.2, -0.15) is 0 Å². The molecule has 28 heavy (non-hydrogen) atoms. The standard InChI is InChI=1S/C22H32O5S/c1-7-16(21(25)27-22(3,4)5)14-8-10-15(11-9-14)18(23)19-13(2)17(12-28-19)20(24)26-6/h12,14-16H,7-11H2,1-6H3. The van der Waals surface area contributed by atoms with E-state index < -0.39 is 11.6 Å². The number of methoxy groups -OCH3 is 1. The first-order chi connectivity index (χ1) is 13.1. The van der Waals surface area contributed by atoms with Crippen LogP contribution in [0.25, 0.3) is 0 Å². The molecule has 1 aliphatic rings. The average molecular weight is 409 g/mol. The van der Waals surface area contributed by atoms with Crippen LogP contribution in [0.15, 0.2) is 5.38 Å². The summed E-state index contributed by atoms with van der Waals surface area (Å²) in [5, 5.41) is 1.70. The maximum absolute atomic E-state index is 13.0. The van der Waals surface area contributed by atoms with Gasteiger partial charge in [0, 0.05) is 11.3 Å². The lowest BCUT2D eigenvalue weighted by Crippen LogP contribution is -2.34. The molecule has 1 aromatic heterocycles. The van der Waals surface area contributed by atoms with E-state index in [1.54, 1.807) is 12.3 Å². The summed E-state index contributed by atoms with van der Waals surface area (Å²) in [6.07, 6.45) is 4.00. The van der Waals surface area contributed by atoms with Gasteiger partial charge in [0.05, 0.1) is 23.5 Å². The number of ether oxygens (including phenoxy) is 2. The first-order valence-electron chi connectivity index (χ1n) is 10.0. The van der Waals surface area contributed by atoms with E-state index in [1.807, 2.05) is 27.7 Å². The molecule has 0 bridgehead atoms. The average Bonchev–Trinajstić information content (AvgIpc) is 3.01. The number of carbonyl (C=O) groups excluding carboxylic acids is 3. The Balaban J connectivity index is 2.01. The van der Waals surface area contributed by atoms with Crippen molar-refractivity contribution in [1.82, 2.24) is 0 Å². The number of thiophene rings is 1. The molecule has 6 heteroatoms. The molecular formula is C22H32O5S. The SMILES string of the molecule is CCC(C(=O)OC(C)(C)C)C1CCC(C(=O)c2scc(C(=O)OC)c2C)CC1. The lowest BCUT2D eigenvalue weighted by atomic mass is 9.73. The molecule has 1 aliphatic carbocycles. The minimum Gasteiger partial charge on any atom is -0.465 e. The molecule has 0 aliphatic heterocycles. The highest BCUT2D eigenvalue weighted by Crippen LogP contribution is 2.38. The largest absolute Gasteiger partial charge is 0.465 e. The Morgan fingerprint density at radius 3 is 2.29 bits per heavy atom. The predicted octanol–water partition coefficient (Wildman–Crippen LogP) is 5.20. The van der Waals surface area contributed by atoms with Crippen LogP contribution in [0, 0.1) is 24.7 Å². The molecule has 5 nitrogen and oxygen atoms in total.